The van der Waals surface area contributed by atoms with E-state index in [0.717, 1.165) is 0 Å². The molecule has 0 aliphatic carbocycles. The lowest BCUT2D eigenvalue weighted by Crippen LogP contribution is -2.27. The van der Waals surface area contributed by atoms with Crippen LogP contribution in [-0.4, -0.2) is 38.0 Å². The zero-order valence-corrected chi connectivity index (χ0v) is 16.6. The van der Waals surface area contributed by atoms with E-state index in [2.05, 4.69) is 10.0 Å². The molecule has 2 aromatic rings. The van der Waals surface area contributed by atoms with Crippen molar-refractivity contribution in [1.29, 1.82) is 0 Å². The van der Waals surface area contributed by atoms with Crippen LogP contribution in [0.3, 0.4) is 0 Å². The summed E-state index contributed by atoms with van der Waals surface area (Å²) in [7, 11) is -2.38. The van der Waals surface area contributed by atoms with Gasteiger partial charge in [-0.2, -0.15) is 0 Å². The van der Waals surface area contributed by atoms with Crippen LogP contribution in [0, 0.1) is 12.7 Å². The highest BCUT2D eigenvalue weighted by molar-refractivity contribution is 7.89. The summed E-state index contributed by atoms with van der Waals surface area (Å²) in [6, 6.07) is 5.49. The Morgan fingerprint density at radius 3 is 2.61 bits per heavy atom. The first-order chi connectivity index (χ1) is 13.1. The fraction of sp³-hybridized carbons (Fsp3) is 0.333. The summed E-state index contributed by atoms with van der Waals surface area (Å²) in [4.78, 5) is 23.6. The molecule has 10 heteroatoms. The largest absolute Gasteiger partial charge is 0.461 e. The predicted molar refractivity (Wildman–Crippen MR) is 101 cm³/mol. The fourth-order valence-electron chi connectivity index (χ4n) is 2.37. The average Bonchev–Trinajstić information content (AvgIpc) is 3.01. The van der Waals surface area contributed by atoms with Gasteiger partial charge in [0.15, 0.2) is 0 Å². The molecule has 0 atom stereocenters. The van der Waals surface area contributed by atoms with Gasteiger partial charge in [-0.05, 0) is 37.6 Å². The molecule has 2 N–H and O–H groups in total. The minimum Gasteiger partial charge on any atom is -0.461 e. The van der Waals surface area contributed by atoms with Crippen LogP contribution in [0.5, 0.6) is 0 Å². The summed E-state index contributed by atoms with van der Waals surface area (Å²) in [6.45, 7) is 3.26. The maximum absolute atomic E-state index is 13.5. The second kappa shape index (κ2) is 8.98. The second-order valence-corrected chi connectivity index (χ2v) is 7.82. The van der Waals surface area contributed by atoms with Crippen LogP contribution in [0.1, 0.15) is 29.4 Å². The monoisotopic (exact) mass is 411 g/mol. The summed E-state index contributed by atoms with van der Waals surface area (Å²) < 4.78 is 46.7. The van der Waals surface area contributed by atoms with Gasteiger partial charge in [-0.25, -0.2) is 22.3 Å². The third-order valence-electron chi connectivity index (χ3n) is 3.87. The van der Waals surface area contributed by atoms with Gasteiger partial charge in [0, 0.05) is 31.9 Å². The third-order valence-corrected chi connectivity index (χ3v) is 5.30. The summed E-state index contributed by atoms with van der Waals surface area (Å²) in [6.07, 6.45) is 1.13. The van der Waals surface area contributed by atoms with Crippen molar-refractivity contribution < 1.29 is 27.1 Å². The van der Waals surface area contributed by atoms with Gasteiger partial charge in [-0.3, -0.25) is 4.79 Å². The molecule has 0 saturated carbocycles. The van der Waals surface area contributed by atoms with Crippen LogP contribution < -0.4 is 10.0 Å². The van der Waals surface area contributed by atoms with Crippen molar-refractivity contribution in [2.75, 3.05) is 18.5 Å². The first kappa shape index (κ1) is 21.6. The van der Waals surface area contributed by atoms with E-state index in [9.17, 15) is 22.4 Å². The Bertz CT molecular complexity index is 985. The van der Waals surface area contributed by atoms with Crippen molar-refractivity contribution in [3.8, 4) is 0 Å². The standard InChI is InChI=1S/C18H22FN3O5S/c1-4-27-18(24)16-10-14(11-22(16)3)28(25,26)20-8-7-17(23)21-13-6-5-12(2)15(19)9-13/h5-6,9-11,20H,4,7-8H2,1-3H3,(H,21,23). The van der Waals surface area contributed by atoms with E-state index in [0.29, 0.717) is 5.56 Å². The molecular weight excluding hydrogens is 389 g/mol. The molecule has 0 aliphatic heterocycles. The molecule has 0 spiro atoms. The van der Waals surface area contributed by atoms with E-state index in [1.807, 2.05) is 0 Å². The summed E-state index contributed by atoms with van der Waals surface area (Å²) in [5.41, 5.74) is 0.843. The number of halogens is 1. The van der Waals surface area contributed by atoms with Crippen LogP contribution >= 0.6 is 0 Å². The molecular formula is C18H22FN3O5S. The number of carbonyl (C=O) groups is 2. The van der Waals surface area contributed by atoms with Crippen molar-refractivity contribution in [1.82, 2.24) is 9.29 Å². The Morgan fingerprint density at radius 1 is 1.25 bits per heavy atom. The normalized spacial score (nSPS) is 11.3. The number of anilines is 1. The molecule has 2 rings (SSSR count). The number of ether oxygens (including phenoxy) is 1. The number of aromatic nitrogens is 1. The van der Waals surface area contributed by atoms with Crippen LogP contribution in [-0.2, 0) is 26.6 Å². The highest BCUT2D eigenvalue weighted by Crippen LogP contribution is 2.15. The van der Waals surface area contributed by atoms with Gasteiger partial charge in [-0.1, -0.05) is 6.07 Å². The van der Waals surface area contributed by atoms with E-state index in [1.165, 1.54) is 36.0 Å². The minimum absolute atomic E-state index is 0.0985. The highest BCUT2D eigenvalue weighted by atomic mass is 32.2. The fourth-order valence-corrected chi connectivity index (χ4v) is 3.47. The van der Waals surface area contributed by atoms with Gasteiger partial charge in [0.25, 0.3) is 0 Å². The Morgan fingerprint density at radius 2 is 1.96 bits per heavy atom. The number of carbonyl (C=O) groups excluding carboxylic acids is 2. The maximum Gasteiger partial charge on any atom is 0.354 e. The van der Waals surface area contributed by atoms with E-state index in [4.69, 9.17) is 4.74 Å². The molecule has 0 fully saturated rings. The summed E-state index contributed by atoms with van der Waals surface area (Å²) in [5.74, 6) is -1.54. The smallest absolute Gasteiger partial charge is 0.354 e. The molecule has 0 unspecified atom stereocenters. The molecule has 0 aliphatic rings. The lowest BCUT2D eigenvalue weighted by molar-refractivity contribution is -0.116. The van der Waals surface area contributed by atoms with Crippen LogP contribution in [0.25, 0.3) is 0 Å². The highest BCUT2D eigenvalue weighted by Gasteiger charge is 2.21. The lowest BCUT2D eigenvalue weighted by atomic mass is 10.2. The molecule has 152 valence electrons. The predicted octanol–water partition coefficient (Wildman–Crippen LogP) is 1.96. The number of esters is 1. The number of amides is 1. The van der Waals surface area contributed by atoms with E-state index >= 15 is 0 Å². The second-order valence-electron chi connectivity index (χ2n) is 6.05. The number of aryl methyl sites for hydroxylation is 2. The Balaban J connectivity index is 1.94. The van der Waals surface area contributed by atoms with E-state index in [1.54, 1.807) is 19.9 Å². The van der Waals surface area contributed by atoms with Gasteiger partial charge < -0.3 is 14.6 Å². The van der Waals surface area contributed by atoms with E-state index in [-0.39, 0.29) is 35.8 Å². The Labute approximate surface area is 162 Å². The van der Waals surface area contributed by atoms with E-state index < -0.39 is 27.7 Å². The molecule has 1 aromatic heterocycles. The van der Waals surface area contributed by atoms with Crippen molar-refractivity contribution in [2.24, 2.45) is 7.05 Å². The van der Waals surface area contributed by atoms with Crippen LogP contribution in [0.4, 0.5) is 10.1 Å². The van der Waals surface area contributed by atoms with Gasteiger partial charge in [0.05, 0.1) is 6.61 Å². The lowest BCUT2D eigenvalue weighted by Gasteiger charge is -2.07. The molecule has 1 aromatic carbocycles. The number of benzene rings is 1. The van der Waals surface area contributed by atoms with Crippen molar-refractivity contribution in [2.45, 2.75) is 25.2 Å². The van der Waals surface area contributed by atoms with Crippen LogP contribution in [0.2, 0.25) is 0 Å². The summed E-state index contributed by atoms with van der Waals surface area (Å²) >= 11 is 0. The third kappa shape index (κ3) is 5.40. The molecule has 1 heterocycles. The number of nitrogens with one attached hydrogen (secondary N) is 2. The minimum atomic E-state index is -3.91. The average molecular weight is 411 g/mol. The first-order valence-electron chi connectivity index (χ1n) is 8.53. The van der Waals surface area contributed by atoms with Gasteiger partial charge in [0.2, 0.25) is 15.9 Å². The number of hydrogen-bond acceptors (Lipinski definition) is 5. The SMILES string of the molecule is CCOC(=O)c1cc(S(=O)(=O)NCCC(=O)Nc2ccc(C)c(F)c2)cn1C. The maximum atomic E-state index is 13.5. The summed E-state index contributed by atoms with van der Waals surface area (Å²) in [5, 5.41) is 2.50. The number of nitrogens with zero attached hydrogens (tertiary/aromatic N) is 1. The Hall–Kier alpha value is -2.72. The van der Waals surface area contributed by atoms with Gasteiger partial charge >= 0.3 is 5.97 Å². The first-order valence-corrected chi connectivity index (χ1v) is 10.0. The molecule has 0 saturated heterocycles. The number of hydrogen-bond donors (Lipinski definition) is 2. The van der Waals surface area contributed by atoms with Crippen molar-refractivity contribution in [3.05, 3.63) is 47.5 Å². The molecule has 1 amide bonds. The van der Waals surface area contributed by atoms with Crippen molar-refractivity contribution in [3.63, 3.8) is 0 Å². The molecule has 0 bridgehead atoms. The quantitative estimate of drug-likeness (QED) is 0.646. The molecule has 0 radical (unpaired) electrons. The van der Waals surface area contributed by atoms with Crippen LogP contribution in [0.15, 0.2) is 35.4 Å². The molecule has 28 heavy (non-hydrogen) atoms. The number of rotatable bonds is 8. The zero-order chi connectivity index (χ0) is 20.9. The number of sulfonamides is 1. The topological polar surface area (TPSA) is 106 Å². The van der Waals surface area contributed by atoms with Gasteiger partial charge in [-0.15, -0.1) is 0 Å². The van der Waals surface area contributed by atoms with Gasteiger partial charge in [0.1, 0.15) is 16.4 Å². The Kier molecular flexibility index (Phi) is 6.92. The van der Waals surface area contributed by atoms with Crippen molar-refractivity contribution >= 4 is 27.6 Å². The molecule has 8 nitrogen and oxygen atoms in total. The zero-order valence-electron chi connectivity index (χ0n) is 15.8.